The Morgan fingerprint density at radius 1 is 1.37 bits per heavy atom. The van der Waals surface area contributed by atoms with Gasteiger partial charge in [0.1, 0.15) is 5.82 Å². The first-order valence-corrected chi connectivity index (χ1v) is 6.83. The summed E-state index contributed by atoms with van der Waals surface area (Å²) >= 11 is 0. The van der Waals surface area contributed by atoms with Gasteiger partial charge in [0.15, 0.2) is 0 Å². The van der Waals surface area contributed by atoms with Crippen LogP contribution in [0.15, 0.2) is 18.3 Å². The van der Waals surface area contributed by atoms with Gasteiger partial charge in [-0.15, -0.1) is 0 Å². The monoisotopic (exact) mass is 267 g/mol. The molecule has 0 amide bonds. The molecule has 1 saturated heterocycles. The molecule has 0 unspecified atom stereocenters. The lowest BCUT2D eigenvalue weighted by Crippen LogP contribution is -2.58. The lowest BCUT2D eigenvalue weighted by molar-refractivity contribution is -0.0337. The summed E-state index contributed by atoms with van der Waals surface area (Å²) in [6, 6.07) is 3.37. The third kappa shape index (κ3) is 2.10. The zero-order valence-corrected chi connectivity index (χ0v) is 11.3. The van der Waals surface area contributed by atoms with E-state index in [-0.39, 0.29) is 18.0 Å². The van der Waals surface area contributed by atoms with Crippen LogP contribution in [0.25, 0.3) is 0 Å². The van der Waals surface area contributed by atoms with Crippen LogP contribution in [0.1, 0.15) is 25.8 Å². The number of rotatable bonds is 1. The van der Waals surface area contributed by atoms with E-state index in [1.807, 2.05) is 0 Å². The maximum Gasteiger partial charge on any atom is 0.278 e. The van der Waals surface area contributed by atoms with Crippen LogP contribution < -0.4 is 4.90 Å². The number of alkyl halides is 2. The highest BCUT2D eigenvalue weighted by atomic mass is 19.3. The van der Waals surface area contributed by atoms with E-state index in [4.69, 9.17) is 0 Å². The number of hydrogen-bond donors (Lipinski definition) is 0. The van der Waals surface area contributed by atoms with Crippen molar-refractivity contribution in [1.29, 1.82) is 0 Å². The van der Waals surface area contributed by atoms with Crippen LogP contribution in [-0.4, -0.2) is 41.6 Å². The van der Waals surface area contributed by atoms with Crippen molar-refractivity contribution in [3.05, 3.63) is 23.9 Å². The molecular formula is C14H19F2N3. The summed E-state index contributed by atoms with van der Waals surface area (Å²) in [6.07, 6.45) is 1.50. The maximum atomic E-state index is 14.2. The van der Waals surface area contributed by atoms with Crippen LogP contribution in [0.3, 0.4) is 0 Å². The van der Waals surface area contributed by atoms with Crippen molar-refractivity contribution in [3.63, 3.8) is 0 Å². The molecule has 3 heterocycles. The highest BCUT2D eigenvalue weighted by Gasteiger charge is 2.47. The lowest BCUT2D eigenvalue weighted by atomic mass is 9.92. The fourth-order valence-electron chi connectivity index (χ4n) is 3.12. The van der Waals surface area contributed by atoms with Crippen LogP contribution >= 0.6 is 0 Å². The van der Waals surface area contributed by atoms with Crippen molar-refractivity contribution >= 4 is 5.82 Å². The Kier molecular flexibility index (Phi) is 2.96. The molecule has 1 aromatic heterocycles. The summed E-state index contributed by atoms with van der Waals surface area (Å²) < 4.78 is 28.4. The molecule has 2 aliphatic heterocycles. The van der Waals surface area contributed by atoms with Gasteiger partial charge in [0.2, 0.25) is 0 Å². The van der Waals surface area contributed by atoms with Crippen LogP contribution in [0.2, 0.25) is 0 Å². The third-order valence-corrected chi connectivity index (χ3v) is 4.19. The fourth-order valence-corrected chi connectivity index (χ4v) is 3.12. The van der Waals surface area contributed by atoms with Gasteiger partial charge < -0.3 is 4.90 Å². The number of nitrogens with zero attached hydrogens (tertiary/aromatic N) is 3. The van der Waals surface area contributed by atoms with E-state index in [0.29, 0.717) is 18.4 Å². The van der Waals surface area contributed by atoms with Crippen molar-refractivity contribution < 1.29 is 8.78 Å². The zero-order valence-electron chi connectivity index (χ0n) is 11.3. The predicted octanol–water partition coefficient (Wildman–Crippen LogP) is 2.48. The molecule has 0 saturated carbocycles. The van der Waals surface area contributed by atoms with Gasteiger partial charge in [-0.05, 0) is 26.0 Å². The molecule has 0 N–H and O–H groups in total. The quantitative estimate of drug-likeness (QED) is 0.779. The molecule has 2 aliphatic rings. The Morgan fingerprint density at radius 3 is 2.89 bits per heavy atom. The molecule has 1 aromatic rings. The van der Waals surface area contributed by atoms with Crippen molar-refractivity contribution in [2.24, 2.45) is 0 Å². The van der Waals surface area contributed by atoms with E-state index in [0.717, 1.165) is 13.1 Å². The summed E-state index contributed by atoms with van der Waals surface area (Å²) in [5.41, 5.74) is 0.0873. The highest BCUT2D eigenvalue weighted by molar-refractivity contribution is 5.53. The molecule has 5 heteroatoms. The number of piperazine rings is 1. The van der Waals surface area contributed by atoms with Gasteiger partial charge in [0.05, 0.1) is 5.56 Å². The first-order chi connectivity index (χ1) is 8.99. The van der Waals surface area contributed by atoms with E-state index in [2.05, 4.69) is 28.6 Å². The second kappa shape index (κ2) is 4.40. The first kappa shape index (κ1) is 12.8. The van der Waals surface area contributed by atoms with Crippen LogP contribution in [0.4, 0.5) is 14.6 Å². The summed E-state index contributed by atoms with van der Waals surface area (Å²) in [7, 11) is 0. The maximum absolute atomic E-state index is 14.2. The van der Waals surface area contributed by atoms with E-state index < -0.39 is 5.92 Å². The van der Waals surface area contributed by atoms with Crippen molar-refractivity contribution in [2.45, 2.75) is 38.3 Å². The Morgan fingerprint density at radius 2 is 2.16 bits per heavy atom. The first-order valence-electron chi connectivity index (χ1n) is 6.83. The van der Waals surface area contributed by atoms with Gasteiger partial charge in [-0.25, -0.2) is 13.8 Å². The molecule has 0 aromatic carbocycles. The molecular weight excluding hydrogens is 248 g/mol. The number of halogens is 2. The summed E-state index contributed by atoms with van der Waals surface area (Å²) in [6.45, 7) is 6.62. The van der Waals surface area contributed by atoms with Crippen LogP contribution in [-0.2, 0) is 5.92 Å². The van der Waals surface area contributed by atoms with E-state index in [1.165, 1.54) is 6.07 Å². The molecule has 3 nitrogen and oxygen atoms in total. The minimum atomic E-state index is -2.76. The zero-order chi connectivity index (χ0) is 13.6. The lowest BCUT2D eigenvalue weighted by Gasteiger charge is -2.48. The molecule has 3 rings (SSSR count). The Bertz CT molecular complexity index is 476. The Hall–Kier alpha value is -1.23. The number of pyridine rings is 1. The Balaban J connectivity index is 1.94. The molecule has 0 spiro atoms. The second-order valence-electron chi connectivity index (χ2n) is 5.72. The van der Waals surface area contributed by atoms with E-state index in [1.54, 1.807) is 12.3 Å². The van der Waals surface area contributed by atoms with Crippen molar-refractivity contribution in [3.8, 4) is 0 Å². The fraction of sp³-hybridized carbons (Fsp3) is 0.643. The molecule has 0 bridgehead atoms. The van der Waals surface area contributed by atoms with Crippen LogP contribution in [0.5, 0.6) is 0 Å². The summed E-state index contributed by atoms with van der Waals surface area (Å²) in [4.78, 5) is 8.53. The average molecular weight is 267 g/mol. The van der Waals surface area contributed by atoms with Crippen LogP contribution in [0, 0.1) is 0 Å². The number of hydrogen-bond acceptors (Lipinski definition) is 3. The largest absolute Gasteiger partial charge is 0.350 e. The summed E-state index contributed by atoms with van der Waals surface area (Å²) in [5.74, 6) is -2.28. The van der Waals surface area contributed by atoms with E-state index >= 15 is 0 Å². The van der Waals surface area contributed by atoms with Crippen molar-refractivity contribution in [2.75, 3.05) is 24.5 Å². The number of aromatic nitrogens is 1. The van der Waals surface area contributed by atoms with Crippen molar-refractivity contribution in [1.82, 2.24) is 9.88 Å². The summed E-state index contributed by atoms with van der Waals surface area (Å²) in [5, 5.41) is 0. The molecule has 19 heavy (non-hydrogen) atoms. The van der Waals surface area contributed by atoms with Gasteiger partial charge >= 0.3 is 0 Å². The van der Waals surface area contributed by atoms with Gasteiger partial charge in [0, 0.05) is 44.3 Å². The Labute approximate surface area is 112 Å². The standard InChI is InChI=1S/C14H19F2N3/c1-10(2)18-6-7-19-11(9-18)8-14(15,16)12-4-3-5-17-13(12)19/h3-5,10-11H,6-9H2,1-2H3/t11-/m0/s1. The minimum absolute atomic E-state index is 0.0873. The molecule has 104 valence electrons. The molecule has 1 fully saturated rings. The number of fused-ring (bicyclic) bond motifs is 3. The van der Waals surface area contributed by atoms with E-state index in [9.17, 15) is 8.78 Å². The van der Waals surface area contributed by atoms with Gasteiger partial charge in [-0.2, -0.15) is 0 Å². The normalized spacial score (nSPS) is 26.2. The van der Waals surface area contributed by atoms with Gasteiger partial charge in [0.25, 0.3) is 5.92 Å². The molecule has 0 aliphatic carbocycles. The van der Waals surface area contributed by atoms with Gasteiger partial charge in [-0.1, -0.05) is 0 Å². The number of anilines is 1. The SMILES string of the molecule is CC(C)N1CCN2c3ncccc3C(F)(F)C[C@H]2C1. The highest BCUT2D eigenvalue weighted by Crippen LogP contribution is 2.44. The minimum Gasteiger partial charge on any atom is -0.350 e. The molecule has 0 radical (unpaired) electrons. The predicted molar refractivity (Wildman–Crippen MR) is 70.6 cm³/mol. The van der Waals surface area contributed by atoms with Gasteiger partial charge in [-0.3, -0.25) is 4.90 Å². The average Bonchev–Trinajstić information content (AvgIpc) is 2.37. The topological polar surface area (TPSA) is 19.4 Å². The smallest absolute Gasteiger partial charge is 0.278 e. The third-order valence-electron chi connectivity index (χ3n) is 4.19. The second-order valence-corrected chi connectivity index (χ2v) is 5.72. The molecule has 1 atom stereocenters.